The minimum atomic E-state index is 0.251. The van der Waals surface area contributed by atoms with Gasteiger partial charge in [-0.25, -0.2) is 4.98 Å². The second-order valence-electron chi connectivity index (χ2n) is 7.00. The molecule has 1 aromatic carbocycles. The molecule has 5 nitrogen and oxygen atoms in total. The molecule has 0 aliphatic carbocycles. The number of aromatic hydroxyl groups is 1. The molecule has 4 rings (SSSR count). The van der Waals surface area contributed by atoms with E-state index in [0.717, 1.165) is 67.6 Å². The molecule has 2 aromatic heterocycles. The molecule has 1 fully saturated rings. The number of benzene rings is 1. The van der Waals surface area contributed by atoms with Crippen molar-refractivity contribution in [3.05, 3.63) is 53.4 Å². The minimum Gasteiger partial charge on any atom is -0.507 e. The summed E-state index contributed by atoms with van der Waals surface area (Å²) in [4.78, 5) is 8.37. The third-order valence-electron chi connectivity index (χ3n) is 4.90. The van der Waals surface area contributed by atoms with Gasteiger partial charge >= 0.3 is 0 Å². The van der Waals surface area contributed by atoms with Crippen LogP contribution in [-0.2, 0) is 4.74 Å². The van der Waals surface area contributed by atoms with E-state index in [2.05, 4.69) is 33.8 Å². The van der Waals surface area contributed by atoms with Crippen LogP contribution in [0, 0.1) is 6.92 Å². The lowest BCUT2D eigenvalue weighted by Gasteiger charge is -2.26. The Kier molecular flexibility index (Phi) is 5.90. The van der Waals surface area contributed by atoms with Crippen molar-refractivity contribution in [1.82, 2.24) is 9.88 Å². The second kappa shape index (κ2) is 8.73. The molecule has 6 heteroatoms. The standard InChI is InChI=1S/C22H25N3O2S/c1-16-4-5-20(26)18(13-16)19-14-17(21-3-2-12-28-21)15-22(24-19)23-6-7-25-8-10-27-11-9-25/h2-5,12-15,26H,6-11H2,1H3,(H,23,24). The first kappa shape index (κ1) is 18.9. The maximum Gasteiger partial charge on any atom is 0.127 e. The molecule has 2 N–H and O–H groups in total. The molecule has 0 saturated carbocycles. The van der Waals surface area contributed by atoms with E-state index in [0.29, 0.717) is 0 Å². The lowest BCUT2D eigenvalue weighted by Crippen LogP contribution is -2.39. The van der Waals surface area contributed by atoms with E-state index in [4.69, 9.17) is 9.72 Å². The number of ether oxygens (including phenoxy) is 1. The van der Waals surface area contributed by atoms with Crippen LogP contribution in [0.3, 0.4) is 0 Å². The fraction of sp³-hybridized carbons (Fsp3) is 0.318. The highest BCUT2D eigenvalue weighted by Gasteiger charge is 2.13. The van der Waals surface area contributed by atoms with Gasteiger partial charge in [0.15, 0.2) is 0 Å². The smallest absolute Gasteiger partial charge is 0.127 e. The largest absolute Gasteiger partial charge is 0.507 e. The Labute approximate surface area is 169 Å². The highest BCUT2D eigenvalue weighted by molar-refractivity contribution is 7.13. The summed E-state index contributed by atoms with van der Waals surface area (Å²) in [5.74, 6) is 1.08. The normalized spacial score (nSPS) is 14.9. The Bertz CT molecular complexity index is 922. The maximum atomic E-state index is 10.4. The molecule has 0 radical (unpaired) electrons. The van der Waals surface area contributed by atoms with Crippen molar-refractivity contribution in [2.24, 2.45) is 0 Å². The summed E-state index contributed by atoms with van der Waals surface area (Å²) in [5.41, 5.74) is 3.74. The minimum absolute atomic E-state index is 0.251. The van der Waals surface area contributed by atoms with Crippen LogP contribution in [0.15, 0.2) is 47.8 Å². The van der Waals surface area contributed by atoms with Crippen molar-refractivity contribution in [3.8, 4) is 27.4 Å². The number of phenolic OH excluding ortho intramolecular Hbond substituents is 1. The van der Waals surface area contributed by atoms with Gasteiger partial charge in [-0.1, -0.05) is 17.7 Å². The number of nitrogens with one attached hydrogen (secondary N) is 1. The Balaban J connectivity index is 1.60. The summed E-state index contributed by atoms with van der Waals surface area (Å²) in [5, 5.41) is 15.9. The topological polar surface area (TPSA) is 57.6 Å². The average molecular weight is 396 g/mol. The molecule has 0 bridgehead atoms. The van der Waals surface area contributed by atoms with Crippen LogP contribution in [0.2, 0.25) is 0 Å². The van der Waals surface area contributed by atoms with E-state index in [-0.39, 0.29) is 5.75 Å². The van der Waals surface area contributed by atoms with Crippen molar-refractivity contribution in [1.29, 1.82) is 0 Å². The predicted octanol–water partition coefficient (Wildman–Crippen LogP) is 4.24. The molecule has 3 aromatic rings. The van der Waals surface area contributed by atoms with Crippen LogP contribution >= 0.6 is 11.3 Å². The summed E-state index contributed by atoms with van der Waals surface area (Å²) < 4.78 is 5.41. The fourth-order valence-electron chi connectivity index (χ4n) is 3.37. The number of hydrogen-bond donors (Lipinski definition) is 2. The van der Waals surface area contributed by atoms with Gasteiger partial charge in [-0.05, 0) is 48.2 Å². The first-order valence-corrected chi connectivity index (χ1v) is 10.5. The molecule has 1 saturated heterocycles. The lowest BCUT2D eigenvalue weighted by molar-refractivity contribution is 0.0398. The number of thiophene rings is 1. The number of phenols is 1. The molecule has 0 spiro atoms. The average Bonchev–Trinajstić information content (AvgIpc) is 3.25. The molecular weight excluding hydrogens is 370 g/mol. The zero-order valence-corrected chi connectivity index (χ0v) is 16.8. The van der Waals surface area contributed by atoms with Crippen molar-refractivity contribution < 1.29 is 9.84 Å². The summed E-state index contributed by atoms with van der Waals surface area (Å²) in [6, 6.07) is 13.9. The highest BCUT2D eigenvalue weighted by Crippen LogP contribution is 2.34. The van der Waals surface area contributed by atoms with Gasteiger partial charge in [0.05, 0.1) is 18.9 Å². The van der Waals surface area contributed by atoms with E-state index in [1.54, 1.807) is 17.4 Å². The van der Waals surface area contributed by atoms with Crippen molar-refractivity contribution >= 4 is 17.2 Å². The SMILES string of the molecule is Cc1ccc(O)c(-c2cc(-c3cccs3)cc(NCCN3CCOCC3)n2)c1. The van der Waals surface area contributed by atoms with Crippen molar-refractivity contribution in [2.45, 2.75) is 6.92 Å². The zero-order valence-electron chi connectivity index (χ0n) is 16.0. The number of anilines is 1. The third kappa shape index (κ3) is 4.52. The number of pyridine rings is 1. The molecule has 3 heterocycles. The van der Waals surface area contributed by atoms with Gasteiger partial charge in [-0.2, -0.15) is 0 Å². The zero-order chi connectivity index (χ0) is 19.3. The monoisotopic (exact) mass is 395 g/mol. The number of aromatic nitrogens is 1. The molecule has 0 amide bonds. The number of nitrogens with zero attached hydrogens (tertiary/aromatic N) is 2. The number of hydrogen-bond acceptors (Lipinski definition) is 6. The third-order valence-corrected chi connectivity index (χ3v) is 5.82. The van der Waals surface area contributed by atoms with Crippen LogP contribution < -0.4 is 5.32 Å². The number of aryl methyl sites for hydroxylation is 1. The highest BCUT2D eigenvalue weighted by atomic mass is 32.1. The van der Waals surface area contributed by atoms with Crippen LogP contribution in [0.5, 0.6) is 5.75 Å². The molecule has 1 aliphatic heterocycles. The van der Waals surface area contributed by atoms with Gasteiger partial charge in [0.1, 0.15) is 11.6 Å². The Morgan fingerprint density at radius 1 is 1.18 bits per heavy atom. The molecular formula is C22H25N3O2S. The van der Waals surface area contributed by atoms with Gasteiger partial charge < -0.3 is 15.2 Å². The molecule has 0 atom stereocenters. The first-order valence-electron chi connectivity index (χ1n) is 9.59. The quantitative estimate of drug-likeness (QED) is 0.654. The maximum absolute atomic E-state index is 10.4. The van der Waals surface area contributed by atoms with E-state index in [9.17, 15) is 5.11 Å². The predicted molar refractivity (Wildman–Crippen MR) is 115 cm³/mol. The van der Waals surface area contributed by atoms with E-state index in [1.165, 1.54) is 4.88 Å². The van der Waals surface area contributed by atoms with Gasteiger partial charge in [0.25, 0.3) is 0 Å². The van der Waals surface area contributed by atoms with Crippen molar-refractivity contribution in [3.63, 3.8) is 0 Å². The number of rotatable bonds is 6. The van der Waals surface area contributed by atoms with Gasteiger partial charge in [0.2, 0.25) is 0 Å². The van der Waals surface area contributed by atoms with Crippen molar-refractivity contribution in [2.75, 3.05) is 44.7 Å². The summed E-state index contributed by atoms with van der Waals surface area (Å²) in [6.45, 7) is 7.37. The van der Waals surface area contributed by atoms with E-state index in [1.807, 2.05) is 25.1 Å². The summed E-state index contributed by atoms with van der Waals surface area (Å²) in [6.07, 6.45) is 0. The fourth-order valence-corrected chi connectivity index (χ4v) is 4.08. The number of morpholine rings is 1. The lowest BCUT2D eigenvalue weighted by atomic mass is 10.0. The van der Waals surface area contributed by atoms with Crippen LogP contribution in [0.4, 0.5) is 5.82 Å². The molecule has 1 aliphatic rings. The molecule has 0 unspecified atom stereocenters. The van der Waals surface area contributed by atoms with E-state index < -0.39 is 0 Å². The van der Waals surface area contributed by atoms with Gasteiger partial charge in [0, 0.05) is 36.6 Å². The summed E-state index contributed by atoms with van der Waals surface area (Å²) in [7, 11) is 0. The summed E-state index contributed by atoms with van der Waals surface area (Å²) >= 11 is 1.70. The van der Waals surface area contributed by atoms with E-state index >= 15 is 0 Å². The Morgan fingerprint density at radius 3 is 2.82 bits per heavy atom. The van der Waals surface area contributed by atoms with Crippen LogP contribution in [-0.4, -0.2) is 54.4 Å². The van der Waals surface area contributed by atoms with Crippen LogP contribution in [0.1, 0.15) is 5.56 Å². The van der Waals surface area contributed by atoms with Gasteiger partial charge in [-0.15, -0.1) is 11.3 Å². The molecule has 146 valence electrons. The Morgan fingerprint density at radius 2 is 2.04 bits per heavy atom. The molecule has 28 heavy (non-hydrogen) atoms. The Hall–Kier alpha value is -2.41. The van der Waals surface area contributed by atoms with Gasteiger partial charge in [-0.3, -0.25) is 4.90 Å². The second-order valence-corrected chi connectivity index (χ2v) is 7.95. The van der Waals surface area contributed by atoms with Crippen LogP contribution in [0.25, 0.3) is 21.7 Å². The first-order chi connectivity index (χ1) is 13.7.